The maximum atomic E-state index is 14.1. The lowest BCUT2D eigenvalue weighted by Crippen LogP contribution is -2.38. The van der Waals surface area contributed by atoms with Crippen LogP contribution in [0.2, 0.25) is 0 Å². The highest BCUT2D eigenvalue weighted by atomic mass is 16.5. The van der Waals surface area contributed by atoms with Crippen LogP contribution in [0.1, 0.15) is 43.4 Å². The van der Waals surface area contributed by atoms with Crippen molar-refractivity contribution in [1.82, 2.24) is 19.7 Å². The van der Waals surface area contributed by atoms with Crippen molar-refractivity contribution in [2.24, 2.45) is 5.41 Å². The fourth-order valence-corrected chi connectivity index (χ4v) is 7.99. The Bertz CT molecular complexity index is 2120. The molecule has 4 aromatic carbocycles. The Morgan fingerprint density at radius 3 is 2.00 bits per heavy atom. The third-order valence-corrected chi connectivity index (χ3v) is 10.4. The number of nitrogens with zero attached hydrogens (tertiary/aromatic N) is 5. The number of likely N-dealkylation sites (tertiary alicyclic amines) is 1. The van der Waals surface area contributed by atoms with E-state index in [1.807, 2.05) is 55.1 Å². The first-order valence-electron chi connectivity index (χ1n) is 17.4. The molecule has 51 heavy (non-hydrogen) atoms. The van der Waals surface area contributed by atoms with Gasteiger partial charge in [0.05, 0.1) is 17.0 Å². The van der Waals surface area contributed by atoms with E-state index >= 15 is 0 Å². The number of rotatable bonds is 8. The molecule has 2 aliphatic heterocycles. The lowest BCUT2D eigenvalue weighted by atomic mass is 9.77. The average molecular weight is 678 g/mol. The van der Waals surface area contributed by atoms with Crippen LogP contribution in [0.25, 0.3) is 22.2 Å². The van der Waals surface area contributed by atoms with Gasteiger partial charge in [-0.15, -0.1) is 0 Å². The summed E-state index contributed by atoms with van der Waals surface area (Å²) in [6.07, 6.45) is 1.84. The molecule has 9 nitrogen and oxygen atoms in total. The maximum Gasteiger partial charge on any atom is 0.407 e. The summed E-state index contributed by atoms with van der Waals surface area (Å²) in [6, 6.07) is 41.3. The number of amides is 2. The van der Waals surface area contributed by atoms with Gasteiger partial charge in [0.1, 0.15) is 11.2 Å². The van der Waals surface area contributed by atoms with Crippen molar-refractivity contribution < 1.29 is 19.4 Å². The molecule has 0 bridgehead atoms. The zero-order valence-electron chi connectivity index (χ0n) is 28.6. The number of fused-ring (bicyclic) bond motifs is 1. The Labute approximate surface area is 296 Å². The lowest BCUT2D eigenvalue weighted by Gasteiger charge is -2.37. The minimum atomic E-state index is -0.978. The molecular weight excluding hydrogens is 638 g/mol. The number of hydrogen-bond donors (Lipinski definition) is 1. The maximum absolute atomic E-state index is 14.1. The van der Waals surface area contributed by atoms with Crippen molar-refractivity contribution in [3.63, 3.8) is 0 Å². The van der Waals surface area contributed by atoms with Gasteiger partial charge >= 0.3 is 6.09 Å². The van der Waals surface area contributed by atoms with Crippen LogP contribution in [0.4, 0.5) is 10.5 Å². The van der Waals surface area contributed by atoms with Crippen LogP contribution in [-0.2, 0) is 10.3 Å². The van der Waals surface area contributed by atoms with Gasteiger partial charge in [-0.2, -0.15) is 5.10 Å². The van der Waals surface area contributed by atoms with Gasteiger partial charge in [0.2, 0.25) is 11.8 Å². The number of carboxylic acid groups (broad SMARTS) is 1. The number of ether oxygens (including phenoxy) is 1. The van der Waals surface area contributed by atoms with E-state index in [0.29, 0.717) is 31.8 Å². The van der Waals surface area contributed by atoms with E-state index in [1.54, 1.807) is 6.20 Å². The summed E-state index contributed by atoms with van der Waals surface area (Å²) in [5.41, 5.74) is 4.77. The van der Waals surface area contributed by atoms with Gasteiger partial charge in [-0.05, 0) is 67.6 Å². The molecular formula is C42H39N5O4. The van der Waals surface area contributed by atoms with Crippen LogP contribution in [0.5, 0.6) is 5.88 Å². The summed E-state index contributed by atoms with van der Waals surface area (Å²) in [6.45, 7) is 5.06. The van der Waals surface area contributed by atoms with E-state index in [-0.39, 0.29) is 18.6 Å². The first kappa shape index (κ1) is 32.3. The molecule has 1 N–H and O–H groups in total. The fraction of sp³-hybridized carbons (Fsp3) is 0.238. The smallest absolute Gasteiger partial charge is 0.407 e. The number of pyridine rings is 1. The minimum absolute atomic E-state index is 0.0247. The van der Waals surface area contributed by atoms with Gasteiger partial charge in [0, 0.05) is 48.5 Å². The summed E-state index contributed by atoms with van der Waals surface area (Å²) in [5.74, 6) is 0.478. The molecule has 2 aliphatic rings. The Morgan fingerprint density at radius 2 is 1.43 bits per heavy atom. The zero-order valence-corrected chi connectivity index (χ0v) is 28.6. The topological polar surface area (TPSA) is 101 Å². The second-order valence-electron chi connectivity index (χ2n) is 13.8. The molecule has 2 aromatic heterocycles. The normalized spacial score (nSPS) is 17.6. The van der Waals surface area contributed by atoms with Crippen LogP contribution >= 0.6 is 0 Å². The molecule has 256 valence electrons. The number of hydrogen-bond acceptors (Lipinski definition) is 5. The summed E-state index contributed by atoms with van der Waals surface area (Å²) >= 11 is 0. The van der Waals surface area contributed by atoms with Crippen molar-refractivity contribution in [2.45, 2.75) is 38.3 Å². The van der Waals surface area contributed by atoms with Gasteiger partial charge in [-0.3, -0.25) is 4.79 Å². The molecule has 8 rings (SSSR count). The van der Waals surface area contributed by atoms with E-state index in [2.05, 4.69) is 94.6 Å². The molecule has 9 heteroatoms. The van der Waals surface area contributed by atoms with Crippen molar-refractivity contribution in [3.8, 4) is 17.1 Å². The molecule has 0 saturated carbocycles. The number of benzene rings is 4. The van der Waals surface area contributed by atoms with E-state index < -0.39 is 17.0 Å². The Kier molecular flexibility index (Phi) is 8.05. The van der Waals surface area contributed by atoms with Crippen LogP contribution in [0.15, 0.2) is 128 Å². The Hall–Kier alpha value is -5.96. The highest BCUT2D eigenvalue weighted by Gasteiger charge is 2.52. The van der Waals surface area contributed by atoms with Crippen LogP contribution in [-0.4, -0.2) is 62.5 Å². The van der Waals surface area contributed by atoms with Crippen molar-refractivity contribution in [3.05, 3.63) is 144 Å². The summed E-state index contributed by atoms with van der Waals surface area (Å²) < 4.78 is 8.15. The Balaban J connectivity index is 1.38. The number of anilines is 1. The van der Waals surface area contributed by atoms with Gasteiger partial charge in [0.15, 0.2) is 0 Å². The van der Waals surface area contributed by atoms with Gasteiger partial charge in [-0.25, -0.2) is 14.5 Å². The van der Waals surface area contributed by atoms with Crippen molar-refractivity contribution >= 4 is 28.6 Å². The fourth-order valence-electron chi connectivity index (χ4n) is 7.99. The third kappa shape index (κ3) is 5.40. The molecule has 1 spiro atoms. The summed E-state index contributed by atoms with van der Waals surface area (Å²) in [7, 11) is 0. The quantitative estimate of drug-likeness (QED) is 0.165. The molecule has 0 radical (unpaired) electrons. The van der Waals surface area contributed by atoms with Gasteiger partial charge in [0.25, 0.3) is 0 Å². The predicted molar refractivity (Wildman–Crippen MR) is 197 cm³/mol. The second-order valence-corrected chi connectivity index (χ2v) is 13.8. The summed E-state index contributed by atoms with van der Waals surface area (Å²) in [4.78, 5) is 33.6. The molecule has 0 unspecified atom stereocenters. The molecule has 0 aliphatic carbocycles. The predicted octanol–water partition coefficient (Wildman–Crippen LogP) is 7.83. The minimum Gasteiger partial charge on any atom is -0.475 e. The molecule has 2 fully saturated rings. The van der Waals surface area contributed by atoms with Gasteiger partial charge in [-0.1, -0.05) is 91.0 Å². The first-order chi connectivity index (χ1) is 24.8. The number of carbonyl (C=O) groups is 2. The highest BCUT2D eigenvalue weighted by molar-refractivity contribution is 6.04. The molecule has 2 amide bonds. The number of aromatic nitrogens is 3. The molecule has 6 aromatic rings. The monoisotopic (exact) mass is 677 g/mol. The SMILES string of the molecule is CC(C)Oc1cc(-c2nn(C(c3ccccc3)(c3ccccc3)c3ccccc3)c3ccc(N4CC[C@]5(CCN(C(=O)O)C5)C4=O)cc23)ccn1. The standard InChI is InChI=1S/C42H39N5O4/c1-29(2)51-37-26-30(20-23-43-37)38-35-27-34(46-25-22-41(39(46)48)21-24-45(28-41)40(49)50)18-19-36(35)47(44-38)42(31-12-6-3-7-13-31,32-14-8-4-9-15-32)33-16-10-5-11-17-33/h3-20,23,26-27,29H,21-22,24-25,28H2,1-2H3,(H,49,50)/t41-/m0/s1. The Morgan fingerprint density at radius 1 is 0.824 bits per heavy atom. The van der Waals surface area contributed by atoms with Crippen molar-refractivity contribution in [1.29, 1.82) is 0 Å². The largest absolute Gasteiger partial charge is 0.475 e. The second kappa shape index (κ2) is 12.7. The first-order valence-corrected chi connectivity index (χ1v) is 17.4. The van der Waals surface area contributed by atoms with E-state index in [9.17, 15) is 14.7 Å². The van der Waals surface area contributed by atoms with Gasteiger partial charge < -0.3 is 19.6 Å². The molecule has 4 heterocycles. The zero-order chi connectivity index (χ0) is 35.2. The van der Waals surface area contributed by atoms with E-state index in [4.69, 9.17) is 9.84 Å². The highest BCUT2D eigenvalue weighted by Crippen LogP contribution is 2.46. The van der Waals surface area contributed by atoms with E-state index in [1.165, 1.54) is 4.90 Å². The summed E-state index contributed by atoms with van der Waals surface area (Å²) in [5, 5.41) is 16.0. The van der Waals surface area contributed by atoms with Crippen LogP contribution in [0.3, 0.4) is 0 Å². The molecule has 1 atom stereocenters. The average Bonchev–Trinajstić information content (AvgIpc) is 3.86. The van der Waals surface area contributed by atoms with E-state index in [0.717, 1.165) is 44.5 Å². The van der Waals surface area contributed by atoms with Crippen LogP contribution in [0, 0.1) is 5.41 Å². The number of carbonyl (C=O) groups excluding carboxylic acids is 1. The van der Waals surface area contributed by atoms with Crippen LogP contribution < -0.4 is 9.64 Å². The lowest BCUT2D eigenvalue weighted by molar-refractivity contribution is -0.124. The molecule has 2 saturated heterocycles. The third-order valence-electron chi connectivity index (χ3n) is 10.4. The van der Waals surface area contributed by atoms with Crippen molar-refractivity contribution in [2.75, 3.05) is 24.5 Å².